The lowest BCUT2D eigenvalue weighted by Crippen LogP contribution is -2.33. The zero-order valence-electron chi connectivity index (χ0n) is 12.1. The van der Waals surface area contributed by atoms with Gasteiger partial charge in [0.25, 0.3) is 0 Å². The summed E-state index contributed by atoms with van der Waals surface area (Å²) in [5.74, 6) is 0.908. The molecule has 3 heteroatoms. The van der Waals surface area contributed by atoms with Crippen molar-refractivity contribution in [3.63, 3.8) is 0 Å². The van der Waals surface area contributed by atoms with E-state index in [0.29, 0.717) is 0 Å². The third-order valence-electron chi connectivity index (χ3n) is 4.04. The minimum Gasteiger partial charge on any atom is -0.371 e. The second-order valence-electron chi connectivity index (χ2n) is 5.39. The van der Waals surface area contributed by atoms with Gasteiger partial charge in [0, 0.05) is 29.8 Å². The summed E-state index contributed by atoms with van der Waals surface area (Å²) in [7, 11) is 0. The monoisotopic (exact) mass is 324 g/mol. The van der Waals surface area contributed by atoms with Crippen molar-refractivity contribution in [2.24, 2.45) is 5.92 Å². The maximum atomic E-state index is 3.61. The average Bonchev–Trinajstić information content (AvgIpc) is 2.36. The van der Waals surface area contributed by atoms with Gasteiger partial charge >= 0.3 is 0 Å². The number of rotatable bonds is 7. The third kappa shape index (κ3) is 3.96. The molecule has 0 saturated heterocycles. The molecule has 0 aliphatic heterocycles. The Labute approximate surface area is 125 Å². The van der Waals surface area contributed by atoms with Crippen LogP contribution in [0, 0.1) is 5.92 Å². The first kappa shape index (κ1) is 14.9. The molecule has 0 heterocycles. The van der Waals surface area contributed by atoms with E-state index in [0.717, 1.165) is 25.6 Å². The van der Waals surface area contributed by atoms with Gasteiger partial charge in [-0.2, -0.15) is 0 Å². The summed E-state index contributed by atoms with van der Waals surface area (Å²) in [4.78, 5) is 2.54. The van der Waals surface area contributed by atoms with Gasteiger partial charge in [0.05, 0.1) is 0 Å². The summed E-state index contributed by atoms with van der Waals surface area (Å²) in [6.45, 7) is 8.70. The van der Waals surface area contributed by atoms with Crippen LogP contribution < -0.4 is 10.2 Å². The molecule has 0 aromatic heterocycles. The summed E-state index contributed by atoms with van der Waals surface area (Å²) in [6, 6.07) is 6.66. The minimum absolute atomic E-state index is 0.908. The van der Waals surface area contributed by atoms with Crippen molar-refractivity contribution >= 4 is 21.6 Å². The van der Waals surface area contributed by atoms with Gasteiger partial charge in [-0.15, -0.1) is 0 Å². The van der Waals surface area contributed by atoms with Crippen LogP contribution in [0.25, 0.3) is 0 Å². The first-order valence-electron chi connectivity index (χ1n) is 7.48. The van der Waals surface area contributed by atoms with Gasteiger partial charge in [0.15, 0.2) is 0 Å². The summed E-state index contributed by atoms with van der Waals surface area (Å²) in [5.41, 5.74) is 2.80. The number of hydrogen-bond donors (Lipinski definition) is 1. The standard InChI is InChI=1S/C16H25BrN2/c1-3-18-11-14-8-9-15(17)10-16(14)19(4-2)12-13-6-5-7-13/h8-10,13,18H,3-7,11-12H2,1-2H3. The van der Waals surface area contributed by atoms with Crippen LogP contribution in [0.4, 0.5) is 5.69 Å². The molecule has 1 saturated carbocycles. The lowest BCUT2D eigenvalue weighted by Gasteiger charge is -2.34. The van der Waals surface area contributed by atoms with Crippen LogP contribution in [-0.4, -0.2) is 19.6 Å². The topological polar surface area (TPSA) is 15.3 Å². The van der Waals surface area contributed by atoms with Gasteiger partial charge in [-0.1, -0.05) is 35.3 Å². The molecule has 2 nitrogen and oxygen atoms in total. The molecule has 0 unspecified atom stereocenters. The molecule has 106 valence electrons. The molecule has 0 spiro atoms. The second kappa shape index (κ2) is 7.30. The molecule has 2 rings (SSSR count). The molecule has 0 radical (unpaired) electrons. The summed E-state index contributed by atoms with van der Waals surface area (Å²) in [6.07, 6.45) is 4.24. The Kier molecular flexibility index (Phi) is 5.71. The smallest absolute Gasteiger partial charge is 0.0423 e. The van der Waals surface area contributed by atoms with Crippen molar-refractivity contribution in [2.45, 2.75) is 39.7 Å². The van der Waals surface area contributed by atoms with Crippen LogP contribution in [0.5, 0.6) is 0 Å². The van der Waals surface area contributed by atoms with Crippen LogP contribution >= 0.6 is 15.9 Å². The van der Waals surface area contributed by atoms with E-state index >= 15 is 0 Å². The molecule has 1 aromatic rings. The largest absolute Gasteiger partial charge is 0.371 e. The highest BCUT2D eigenvalue weighted by atomic mass is 79.9. The highest BCUT2D eigenvalue weighted by Gasteiger charge is 2.21. The van der Waals surface area contributed by atoms with Crippen LogP contribution in [0.3, 0.4) is 0 Å². The van der Waals surface area contributed by atoms with E-state index in [1.165, 1.54) is 41.5 Å². The Hall–Kier alpha value is -0.540. The molecule has 1 aliphatic carbocycles. The summed E-state index contributed by atoms with van der Waals surface area (Å²) >= 11 is 3.61. The maximum Gasteiger partial charge on any atom is 0.0423 e. The van der Waals surface area contributed by atoms with E-state index in [1.54, 1.807) is 0 Å². The first-order chi connectivity index (χ1) is 9.24. The zero-order valence-corrected chi connectivity index (χ0v) is 13.7. The fourth-order valence-corrected chi connectivity index (χ4v) is 2.97. The van der Waals surface area contributed by atoms with Crippen molar-refractivity contribution in [1.82, 2.24) is 5.32 Å². The average molecular weight is 325 g/mol. The molecular weight excluding hydrogens is 300 g/mol. The molecule has 0 bridgehead atoms. The van der Waals surface area contributed by atoms with Gasteiger partial charge < -0.3 is 10.2 Å². The van der Waals surface area contributed by atoms with Crippen molar-refractivity contribution < 1.29 is 0 Å². The normalized spacial score (nSPS) is 15.3. The summed E-state index contributed by atoms with van der Waals surface area (Å²) in [5, 5.41) is 3.44. The van der Waals surface area contributed by atoms with Gasteiger partial charge in [0.2, 0.25) is 0 Å². The zero-order chi connectivity index (χ0) is 13.7. The van der Waals surface area contributed by atoms with Crippen molar-refractivity contribution in [2.75, 3.05) is 24.5 Å². The SMILES string of the molecule is CCNCc1ccc(Br)cc1N(CC)CC1CCC1. The first-order valence-corrected chi connectivity index (χ1v) is 8.28. The van der Waals surface area contributed by atoms with Crippen molar-refractivity contribution in [1.29, 1.82) is 0 Å². The molecular formula is C16H25BrN2. The van der Waals surface area contributed by atoms with E-state index in [2.05, 4.69) is 58.2 Å². The van der Waals surface area contributed by atoms with E-state index in [1.807, 2.05) is 0 Å². The molecule has 19 heavy (non-hydrogen) atoms. The van der Waals surface area contributed by atoms with Crippen LogP contribution in [0.2, 0.25) is 0 Å². The van der Waals surface area contributed by atoms with E-state index in [-0.39, 0.29) is 0 Å². The number of nitrogens with one attached hydrogen (secondary N) is 1. The molecule has 0 amide bonds. The van der Waals surface area contributed by atoms with E-state index in [9.17, 15) is 0 Å². The van der Waals surface area contributed by atoms with E-state index in [4.69, 9.17) is 0 Å². The van der Waals surface area contributed by atoms with Gasteiger partial charge in [-0.3, -0.25) is 0 Å². The van der Waals surface area contributed by atoms with Crippen LogP contribution in [0.15, 0.2) is 22.7 Å². The van der Waals surface area contributed by atoms with Crippen LogP contribution in [0.1, 0.15) is 38.7 Å². The Bertz CT molecular complexity index is 402. The minimum atomic E-state index is 0.908. The Morgan fingerprint density at radius 3 is 2.68 bits per heavy atom. The number of anilines is 1. The molecule has 1 aliphatic rings. The predicted octanol–water partition coefficient (Wildman–Crippen LogP) is 4.19. The molecule has 1 aromatic carbocycles. The van der Waals surface area contributed by atoms with Crippen molar-refractivity contribution in [3.05, 3.63) is 28.2 Å². The number of halogens is 1. The third-order valence-corrected chi connectivity index (χ3v) is 4.53. The predicted molar refractivity (Wildman–Crippen MR) is 86.8 cm³/mol. The number of hydrogen-bond acceptors (Lipinski definition) is 2. The highest BCUT2D eigenvalue weighted by molar-refractivity contribution is 9.10. The Balaban J connectivity index is 2.15. The van der Waals surface area contributed by atoms with Crippen molar-refractivity contribution in [3.8, 4) is 0 Å². The summed E-state index contributed by atoms with van der Waals surface area (Å²) < 4.78 is 1.18. The highest BCUT2D eigenvalue weighted by Crippen LogP contribution is 2.31. The van der Waals surface area contributed by atoms with Gasteiger partial charge in [-0.05, 0) is 49.9 Å². The van der Waals surface area contributed by atoms with Gasteiger partial charge in [-0.25, -0.2) is 0 Å². The number of nitrogens with zero attached hydrogens (tertiary/aromatic N) is 1. The van der Waals surface area contributed by atoms with Crippen LogP contribution in [-0.2, 0) is 6.54 Å². The lowest BCUT2D eigenvalue weighted by molar-refractivity contribution is 0.318. The Morgan fingerprint density at radius 1 is 1.32 bits per heavy atom. The quantitative estimate of drug-likeness (QED) is 0.809. The fraction of sp³-hybridized carbons (Fsp3) is 0.625. The second-order valence-corrected chi connectivity index (χ2v) is 6.30. The number of benzene rings is 1. The maximum absolute atomic E-state index is 3.61. The molecule has 1 fully saturated rings. The fourth-order valence-electron chi connectivity index (χ4n) is 2.63. The van der Waals surface area contributed by atoms with Gasteiger partial charge in [0.1, 0.15) is 0 Å². The molecule has 0 atom stereocenters. The molecule has 1 N–H and O–H groups in total. The van der Waals surface area contributed by atoms with E-state index < -0.39 is 0 Å². The lowest BCUT2D eigenvalue weighted by atomic mass is 9.85. The Morgan fingerprint density at radius 2 is 2.11 bits per heavy atom.